The van der Waals surface area contributed by atoms with E-state index < -0.39 is 29.8 Å². The van der Waals surface area contributed by atoms with Gasteiger partial charge in [0, 0.05) is 11.8 Å². The van der Waals surface area contributed by atoms with Crippen molar-refractivity contribution in [1.29, 1.82) is 0 Å². The van der Waals surface area contributed by atoms with Gasteiger partial charge in [0.1, 0.15) is 6.04 Å². The molecule has 0 heterocycles. The van der Waals surface area contributed by atoms with Crippen LogP contribution in [0.25, 0.3) is 0 Å². The summed E-state index contributed by atoms with van der Waals surface area (Å²) in [4.78, 5) is 10.5. The molecule has 2 saturated carbocycles. The molecule has 3 N–H and O–H groups in total. The van der Waals surface area contributed by atoms with Gasteiger partial charge >= 0.3 is 5.97 Å². The third-order valence-electron chi connectivity index (χ3n) is 3.27. The Balaban J connectivity index is 1.94. The Bertz CT molecular complexity index is 243. The summed E-state index contributed by atoms with van der Waals surface area (Å²) in [5.41, 5.74) is 5.35. The lowest BCUT2D eigenvalue weighted by Crippen LogP contribution is -2.38. The second-order valence-corrected chi connectivity index (χ2v) is 3.98. The van der Waals surface area contributed by atoms with Crippen LogP contribution in [-0.2, 0) is 4.79 Å². The molecule has 3 nitrogen and oxygen atoms in total. The number of nitrogens with two attached hydrogens (primary N) is 1. The Hall–Kier alpha value is -0.710. The lowest BCUT2D eigenvalue weighted by atomic mass is 9.95. The smallest absolute Gasteiger partial charge is 0.320 e. The van der Waals surface area contributed by atoms with Gasteiger partial charge in [0.05, 0.1) is 0 Å². The average molecular weight is 191 g/mol. The number of alkyl halides is 2. The molecule has 4 atom stereocenters. The Morgan fingerprint density at radius 2 is 1.92 bits per heavy atom. The standard InChI is InChI=1S/C8H11F2NO2/c9-8(10)4-1-3(2-5(4)8)6(11)7(12)13/h3-6H,1-2,11H2,(H,12,13)/t3?,4-,5+,6-/m1/s1. The van der Waals surface area contributed by atoms with Gasteiger partial charge < -0.3 is 10.8 Å². The maximum atomic E-state index is 12.7. The molecule has 2 fully saturated rings. The second kappa shape index (κ2) is 2.41. The van der Waals surface area contributed by atoms with Crippen LogP contribution >= 0.6 is 0 Å². The number of carbonyl (C=O) groups is 1. The molecule has 0 bridgehead atoms. The van der Waals surface area contributed by atoms with E-state index in [1.54, 1.807) is 0 Å². The fourth-order valence-electron chi connectivity index (χ4n) is 2.35. The number of hydrogen-bond donors (Lipinski definition) is 2. The zero-order valence-corrected chi connectivity index (χ0v) is 6.91. The van der Waals surface area contributed by atoms with Crippen LogP contribution in [0.15, 0.2) is 0 Å². The van der Waals surface area contributed by atoms with Crippen LogP contribution in [0.1, 0.15) is 12.8 Å². The van der Waals surface area contributed by atoms with Crippen molar-refractivity contribution >= 4 is 5.97 Å². The molecule has 2 aliphatic rings. The van der Waals surface area contributed by atoms with Gasteiger partial charge in [-0.2, -0.15) is 0 Å². The molecule has 0 aromatic heterocycles. The minimum Gasteiger partial charge on any atom is -0.480 e. The zero-order valence-electron chi connectivity index (χ0n) is 6.91. The van der Waals surface area contributed by atoms with Crippen molar-refractivity contribution < 1.29 is 18.7 Å². The third-order valence-corrected chi connectivity index (χ3v) is 3.27. The predicted octanol–water partition coefficient (Wildman–Crippen LogP) is 0.690. The van der Waals surface area contributed by atoms with Gasteiger partial charge in [-0.25, -0.2) is 8.78 Å². The van der Waals surface area contributed by atoms with Gasteiger partial charge in [0.25, 0.3) is 5.92 Å². The monoisotopic (exact) mass is 191 g/mol. The minimum atomic E-state index is -2.53. The van der Waals surface area contributed by atoms with Crippen LogP contribution < -0.4 is 5.73 Å². The molecular weight excluding hydrogens is 180 g/mol. The first-order chi connectivity index (χ1) is 5.94. The van der Waals surface area contributed by atoms with E-state index >= 15 is 0 Å². The Morgan fingerprint density at radius 3 is 2.31 bits per heavy atom. The topological polar surface area (TPSA) is 63.3 Å². The Labute approximate surface area is 73.9 Å². The average Bonchev–Trinajstić information content (AvgIpc) is 2.53. The van der Waals surface area contributed by atoms with Gasteiger partial charge in [-0.1, -0.05) is 0 Å². The summed E-state index contributed by atoms with van der Waals surface area (Å²) in [7, 11) is 0. The molecule has 0 amide bonds. The number of aliphatic carboxylic acids is 1. The molecule has 74 valence electrons. The van der Waals surface area contributed by atoms with Crippen molar-refractivity contribution in [3.63, 3.8) is 0 Å². The maximum Gasteiger partial charge on any atom is 0.320 e. The third kappa shape index (κ3) is 1.14. The number of fused-ring (bicyclic) bond motifs is 1. The van der Waals surface area contributed by atoms with Gasteiger partial charge in [-0.05, 0) is 18.8 Å². The number of rotatable bonds is 2. The Morgan fingerprint density at radius 1 is 1.46 bits per heavy atom. The molecule has 0 saturated heterocycles. The molecule has 2 rings (SSSR count). The summed E-state index contributed by atoms with van der Waals surface area (Å²) in [5.74, 6) is -5.07. The van der Waals surface area contributed by atoms with E-state index in [0.717, 1.165) is 0 Å². The summed E-state index contributed by atoms with van der Waals surface area (Å²) in [5, 5.41) is 8.56. The lowest BCUT2D eigenvalue weighted by molar-refractivity contribution is -0.140. The van der Waals surface area contributed by atoms with Gasteiger partial charge in [0.2, 0.25) is 0 Å². The molecule has 0 aromatic rings. The summed E-state index contributed by atoms with van der Waals surface area (Å²) >= 11 is 0. The van der Waals surface area contributed by atoms with Crippen LogP contribution in [-0.4, -0.2) is 23.0 Å². The molecule has 5 heteroatoms. The van der Waals surface area contributed by atoms with Crippen molar-refractivity contribution in [3.8, 4) is 0 Å². The largest absolute Gasteiger partial charge is 0.480 e. The van der Waals surface area contributed by atoms with Gasteiger partial charge in [-0.3, -0.25) is 4.79 Å². The fraction of sp³-hybridized carbons (Fsp3) is 0.875. The molecule has 0 aromatic carbocycles. The molecular formula is C8H11F2NO2. The van der Waals surface area contributed by atoms with Crippen LogP contribution in [0.5, 0.6) is 0 Å². The molecule has 0 radical (unpaired) electrons. The van der Waals surface area contributed by atoms with Crippen molar-refractivity contribution in [2.45, 2.75) is 24.8 Å². The van der Waals surface area contributed by atoms with Crippen molar-refractivity contribution in [2.24, 2.45) is 23.5 Å². The van der Waals surface area contributed by atoms with E-state index in [4.69, 9.17) is 10.8 Å². The summed E-state index contributed by atoms with van der Waals surface area (Å²) < 4.78 is 25.4. The number of hydrogen-bond acceptors (Lipinski definition) is 2. The first-order valence-electron chi connectivity index (χ1n) is 4.30. The number of halogens is 2. The zero-order chi connectivity index (χ0) is 9.80. The van der Waals surface area contributed by atoms with Crippen LogP contribution in [0.3, 0.4) is 0 Å². The van der Waals surface area contributed by atoms with Gasteiger partial charge in [-0.15, -0.1) is 0 Å². The number of carboxylic acids is 1. The Kier molecular flexibility index (Phi) is 1.64. The van der Waals surface area contributed by atoms with E-state index in [2.05, 4.69) is 0 Å². The highest BCUT2D eigenvalue weighted by Crippen LogP contribution is 2.65. The van der Waals surface area contributed by atoms with Crippen LogP contribution in [0.2, 0.25) is 0 Å². The quantitative estimate of drug-likeness (QED) is 0.675. The van der Waals surface area contributed by atoms with E-state index in [9.17, 15) is 13.6 Å². The summed E-state index contributed by atoms with van der Waals surface area (Å²) in [6, 6.07) is -0.969. The van der Waals surface area contributed by atoms with Crippen LogP contribution in [0, 0.1) is 17.8 Å². The molecule has 0 aliphatic heterocycles. The minimum absolute atomic E-state index is 0.257. The van der Waals surface area contributed by atoms with E-state index in [1.165, 1.54) is 0 Å². The molecule has 0 spiro atoms. The lowest BCUT2D eigenvalue weighted by Gasteiger charge is -2.17. The fourth-order valence-corrected chi connectivity index (χ4v) is 2.35. The molecule has 13 heavy (non-hydrogen) atoms. The van der Waals surface area contributed by atoms with Crippen LogP contribution in [0.4, 0.5) is 8.78 Å². The van der Waals surface area contributed by atoms with Gasteiger partial charge in [0.15, 0.2) is 0 Å². The number of carboxylic acid groups (broad SMARTS) is 1. The summed E-state index contributed by atoms with van der Waals surface area (Å²) in [6.45, 7) is 0. The highest BCUT2D eigenvalue weighted by atomic mass is 19.3. The van der Waals surface area contributed by atoms with E-state index in [-0.39, 0.29) is 18.8 Å². The van der Waals surface area contributed by atoms with Crippen molar-refractivity contribution in [3.05, 3.63) is 0 Å². The first kappa shape index (κ1) is 8.87. The first-order valence-corrected chi connectivity index (χ1v) is 4.30. The van der Waals surface area contributed by atoms with Crippen molar-refractivity contribution in [1.82, 2.24) is 0 Å². The summed E-state index contributed by atoms with van der Waals surface area (Å²) in [6.07, 6.45) is 0.538. The molecule has 2 aliphatic carbocycles. The highest BCUT2D eigenvalue weighted by molar-refractivity contribution is 5.73. The van der Waals surface area contributed by atoms with Crippen molar-refractivity contribution in [2.75, 3.05) is 0 Å². The highest BCUT2D eigenvalue weighted by Gasteiger charge is 2.72. The maximum absolute atomic E-state index is 12.7. The SMILES string of the molecule is N[C@@H](C(=O)O)C1C[C@@H]2[C@H](C1)C2(F)F. The normalized spacial score (nSPS) is 42.5. The predicted molar refractivity (Wildman–Crippen MR) is 40.3 cm³/mol. The second-order valence-electron chi connectivity index (χ2n) is 3.98. The van der Waals surface area contributed by atoms with E-state index in [1.807, 2.05) is 0 Å². The van der Waals surface area contributed by atoms with E-state index in [0.29, 0.717) is 0 Å². The molecule has 1 unspecified atom stereocenters.